The molecule has 0 fully saturated rings. The van der Waals surface area contributed by atoms with Crippen LogP contribution in [0.1, 0.15) is 49.4 Å². The molecule has 1 aromatic carbocycles. The summed E-state index contributed by atoms with van der Waals surface area (Å²) in [7, 11) is 0. The number of carbonyl (C=O) groups is 1. The molecule has 0 aliphatic heterocycles. The summed E-state index contributed by atoms with van der Waals surface area (Å²) in [5.41, 5.74) is 1.45. The van der Waals surface area contributed by atoms with Crippen molar-refractivity contribution in [2.24, 2.45) is 0 Å². The molecule has 0 aliphatic rings. The van der Waals surface area contributed by atoms with Crippen LogP contribution >= 0.6 is 0 Å². The maximum atomic E-state index is 11.9. The highest BCUT2D eigenvalue weighted by molar-refractivity contribution is 5.89. The fourth-order valence-corrected chi connectivity index (χ4v) is 2.60. The van der Waals surface area contributed by atoms with E-state index < -0.39 is 6.10 Å². The molecule has 26 heavy (non-hydrogen) atoms. The van der Waals surface area contributed by atoms with Gasteiger partial charge in [-0.25, -0.2) is 4.79 Å². The summed E-state index contributed by atoms with van der Waals surface area (Å²) < 4.78 is 11.0. The highest BCUT2D eigenvalue weighted by atomic mass is 16.5. The summed E-state index contributed by atoms with van der Waals surface area (Å²) in [4.78, 5) is 11.9. The van der Waals surface area contributed by atoms with Crippen molar-refractivity contribution in [2.45, 2.75) is 46.1 Å². The number of aliphatic hydroxyl groups excluding tert-OH is 1. The van der Waals surface area contributed by atoms with Crippen LogP contribution in [0.5, 0.6) is 5.75 Å². The number of furan rings is 1. The van der Waals surface area contributed by atoms with E-state index in [9.17, 15) is 9.90 Å². The molecule has 0 spiro atoms. The normalized spacial score (nSPS) is 11.8. The molecule has 142 valence electrons. The molecule has 2 amide bonds. The van der Waals surface area contributed by atoms with Crippen molar-refractivity contribution in [3.63, 3.8) is 0 Å². The van der Waals surface area contributed by atoms with E-state index in [0.717, 1.165) is 29.9 Å². The fourth-order valence-electron chi connectivity index (χ4n) is 2.60. The lowest BCUT2D eigenvalue weighted by atomic mass is 10.1. The Kier molecular flexibility index (Phi) is 7.53. The minimum Gasteiger partial charge on any atom is -0.494 e. The number of ether oxygens (including phenoxy) is 1. The quantitative estimate of drug-likeness (QED) is 0.582. The second kappa shape index (κ2) is 9.87. The predicted molar refractivity (Wildman–Crippen MR) is 102 cm³/mol. The Morgan fingerprint density at radius 1 is 1.27 bits per heavy atom. The van der Waals surface area contributed by atoms with Gasteiger partial charge in [0.05, 0.1) is 12.7 Å². The second-order valence-electron chi connectivity index (χ2n) is 6.28. The van der Waals surface area contributed by atoms with Crippen molar-refractivity contribution in [1.29, 1.82) is 0 Å². The molecule has 0 saturated heterocycles. The monoisotopic (exact) mass is 360 g/mol. The molecule has 6 nitrogen and oxygen atoms in total. The van der Waals surface area contributed by atoms with Gasteiger partial charge in [0.15, 0.2) is 0 Å². The van der Waals surface area contributed by atoms with Crippen LogP contribution in [-0.2, 0) is 0 Å². The molecule has 6 heteroatoms. The number of amides is 2. The van der Waals surface area contributed by atoms with E-state index in [1.54, 1.807) is 12.1 Å². The third kappa shape index (κ3) is 6.11. The van der Waals surface area contributed by atoms with Gasteiger partial charge in [0, 0.05) is 17.8 Å². The molecular weight excluding hydrogens is 332 g/mol. The highest BCUT2D eigenvalue weighted by Gasteiger charge is 2.14. The van der Waals surface area contributed by atoms with E-state index in [2.05, 4.69) is 17.6 Å². The molecule has 1 aromatic heterocycles. The molecule has 0 radical (unpaired) electrons. The van der Waals surface area contributed by atoms with Gasteiger partial charge >= 0.3 is 6.03 Å². The molecule has 1 unspecified atom stereocenters. The molecule has 2 rings (SSSR count). The number of carbonyl (C=O) groups excluding carboxylic acids is 1. The standard InChI is InChI=1S/C20H28N2O4/c1-4-5-12-25-17-8-6-16(7-9-17)22-20(24)21-11-10-19(23)18-13-14(2)26-15(18)3/h6-9,13,19,23H,4-5,10-12H2,1-3H3,(H2,21,22,24). The van der Waals surface area contributed by atoms with Crippen LogP contribution < -0.4 is 15.4 Å². The van der Waals surface area contributed by atoms with Crippen LogP contribution in [0.2, 0.25) is 0 Å². The van der Waals surface area contributed by atoms with Crippen molar-refractivity contribution >= 4 is 11.7 Å². The zero-order valence-corrected chi connectivity index (χ0v) is 15.7. The number of benzene rings is 1. The van der Waals surface area contributed by atoms with Gasteiger partial charge in [0.1, 0.15) is 17.3 Å². The summed E-state index contributed by atoms with van der Waals surface area (Å²) >= 11 is 0. The largest absolute Gasteiger partial charge is 0.494 e. The van der Waals surface area contributed by atoms with Crippen molar-refractivity contribution in [3.05, 3.63) is 47.4 Å². The van der Waals surface area contributed by atoms with Gasteiger partial charge < -0.3 is 24.9 Å². The molecule has 1 atom stereocenters. The average Bonchev–Trinajstić information content (AvgIpc) is 2.95. The van der Waals surface area contributed by atoms with Crippen LogP contribution in [0.15, 0.2) is 34.7 Å². The molecule has 2 aromatic rings. The number of unbranched alkanes of at least 4 members (excludes halogenated alkanes) is 1. The Morgan fingerprint density at radius 2 is 2.00 bits per heavy atom. The number of hydrogen-bond donors (Lipinski definition) is 3. The fraction of sp³-hybridized carbons (Fsp3) is 0.450. The first-order valence-corrected chi connectivity index (χ1v) is 9.02. The van der Waals surface area contributed by atoms with Gasteiger partial charge in [-0.15, -0.1) is 0 Å². The van der Waals surface area contributed by atoms with E-state index in [1.165, 1.54) is 0 Å². The Hall–Kier alpha value is -2.47. The first kappa shape index (κ1) is 19.8. The van der Waals surface area contributed by atoms with E-state index in [0.29, 0.717) is 31.0 Å². The molecule has 3 N–H and O–H groups in total. The number of anilines is 1. The van der Waals surface area contributed by atoms with Crippen molar-refractivity contribution < 1.29 is 19.1 Å². The lowest BCUT2D eigenvalue weighted by Crippen LogP contribution is -2.30. The molecule has 0 bridgehead atoms. The maximum Gasteiger partial charge on any atom is 0.319 e. The van der Waals surface area contributed by atoms with Gasteiger partial charge in [0.2, 0.25) is 0 Å². The summed E-state index contributed by atoms with van der Waals surface area (Å²) in [5, 5.41) is 15.7. The molecule has 1 heterocycles. The zero-order chi connectivity index (χ0) is 18.9. The van der Waals surface area contributed by atoms with Crippen LogP contribution in [-0.4, -0.2) is 24.3 Å². The van der Waals surface area contributed by atoms with Crippen LogP contribution in [0.4, 0.5) is 10.5 Å². The van der Waals surface area contributed by atoms with Gasteiger partial charge in [-0.1, -0.05) is 13.3 Å². The van der Waals surface area contributed by atoms with Gasteiger partial charge in [0.25, 0.3) is 0 Å². The summed E-state index contributed by atoms with van der Waals surface area (Å²) in [6.07, 6.45) is 1.87. The Bertz CT molecular complexity index is 694. The van der Waals surface area contributed by atoms with Crippen molar-refractivity contribution in [3.8, 4) is 5.75 Å². The first-order valence-electron chi connectivity index (χ1n) is 9.02. The third-order valence-electron chi connectivity index (χ3n) is 4.02. The van der Waals surface area contributed by atoms with Gasteiger partial charge in [-0.3, -0.25) is 0 Å². The van der Waals surface area contributed by atoms with E-state index >= 15 is 0 Å². The minimum absolute atomic E-state index is 0.308. The van der Waals surface area contributed by atoms with Gasteiger partial charge in [-0.05, 0) is 57.0 Å². The molecule has 0 aliphatic carbocycles. The number of rotatable bonds is 9. The van der Waals surface area contributed by atoms with E-state index in [-0.39, 0.29) is 6.03 Å². The lowest BCUT2D eigenvalue weighted by molar-refractivity contribution is 0.165. The third-order valence-corrected chi connectivity index (χ3v) is 4.02. The SMILES string of the molecule is CCCCOc1ccc(NC(=O)NCCC(O)c2cc(C)oc2C)cc1. The minimum atomic E-state index is -0.660. The van der Waals surface area contributed by atoms with Crippen molar-refractivity contribution in [2.75, 3.05) is 18.5 Å². The summed E-state index contributed by atoms with van der Waals surface area (Å²) in [6.45, 7) is 6.83. The first-order chi connectivity index (χ1) is 12.5. The lowest BCUT2D eigenvalue weighted by Gasteiger charge is -2.12. The summed E-state index contributed by atoms with van der Waals surface area (Å²) in [6, 6.07) is 8.78. The number of nitrogens with one attached hydrogen (secondary N) is 2. The molecule has 0 saturated carbocycles. The topological polar surface area (TPSA) is 83.7 Å². The number of aryl methyl sites for hydroxylation is 2. The van der Waals surface area contributed by atoms with Crippen LogP contribution in [0.25, 0.3) is 0 Å². The van der Waals surface area contributed by atoms with Crippen molar-refractivity contribution in [1.82, 2.24) is 5.32 Å². The van der Waals surface area contributed by atoms with E-state index in [4.69, 9.17) is 9.15 Å². The Balaban J connectivity index is 1.72. The Labute approximate surface area is 154 Å². The van der Waals surface area contributed by atoms with Gasteiger partial charge in [-0.2, -0.15) is 0 Å². The average molecular weight is 360 g/mol. The summed E-state index contributed by atoms with van der Waals surface area (Å²) in [5.74, 6) is 2.27. The molecular formula is C20H28N2O4. The van der Waals surface area contributed by atoms with Crippen LogP contribution in [0, 0.1) is 13.8 Å². The number of aliphatic hydroxyl groups is 1. The highest BCUT2D eigenvalue weighted by Crippen LogP contribution is 2.23. The number of urea groups is 1. The Morgan fingerprint density at radius 3 is 2.62 bits per heavy atom. The second-order valence-corrected chi connectivity index (χ2v) is 6.28. The maximum absolute atomic E-state index is 11.9. The zero-order valence-electron chi connectivity index (χ0n) is 15.7. The smallest absolute Gasteiger partial charge is 0.319 e. The van der Waals surface area contributed by atoms with E-state index in [1.807, 2.05) is 32.0 Å². The predicted octanol–water partition coefficient (Wildman–Crippen LogP) is 4.32. The van der Waals surface area contributed by atoms with Crippen LogP contribution in [0.3, 0.4) is 0 Å². The number of hydrogen-bond acceptors (Lipinski definition) is 4.